The minimum absolute atomic E-state index is 0.0928. The standard InChI is InChI=1S/C22H23N3O4/c1-14(2)21(15-7-8-18-19(11-15)29-10-9-28-18)24-20(26)12-25-13-23-17-6-4-3-5-16(17)22(25)27/h3-8,11,13-14,21H,9-10,12H2,1-2H3,(H,24,26)/t21-/m1/s1. The number of benzene rings is 2. The molecule has 0 aliphatic carbocycles. The van der Waals surface area contributed by atoms with Gasteiger partial charge in [0.1, 0.15) is 19.8 Å². The van der Waals surface area contributed by atoms with Gasteiger partial charge >= 0.3 is 0 Å². The number of hydrogen-bond acceptors (Lipinski definition) is 5. The molecule has 1 aromatic heterocycles. The average Bonchev–Trinajstić information content (AvgIpc) is 2.73. The van der Waals surface area contributed by atoms with E-state index >= 15 is 0 Å². The number of carbonyl (C=O) groups excluding carboxylic acids is 1. The second-order valence-electron chi connectivity index (χ2n) is 7.39. The highest BCUT2D eigenvalue weighted by atomic mass is 16.6. The predicted octanol–water partition coefficient (Wildman–Crippen LogP) is 2.68. The van der Waals surface area contributed by atoms with Gasteiger partial charge < -0.3 is 14.8 Å². The smallest absolute Gasteiger partial charge is 0.261 e. The van der Waals surface area contributed by atoms with Crippen LogP contribution in [0.1, 0.15) is 25.5 Å². The molecule has 0 fully saturated rings. The van der Waals surface area contributed by atoms with Crippen LogP contribution >= 0.6 is 0 Å². The molecule has 0 unspecified atom stereocenters. The first-order chi connectivity index (χ1) is 14.0. The molecule has 4 rings (SSSR count). The van der Waals surface area contributed by atoms with Crippen LogP contribution < -0.4 is 20.3 Å². The lowest BCUT2D eigenvalue weighted by Gasteiger charge is -2.25. The summed E-state index contributed by atoms with van der Waals surface area (Å²) in [4.78, 5) is 29.6. The van der Waals surface area contributed by atoms with Gasteiger partial charge in [0.2, 0.25) is 5.91 Å². The van der Waals surface area contributed by atoms with Gasteiger partial charge in [0.25, 0.3) is 5.56 Å². The molecule has 0 radical (unpaired) electrons. The number of nitrogens with one attached hydrogen (secondary N) is 1. The molecular weight excluding hydrogens is 370 g/mol. The molecule has 0 spiro atoms. The molecule has 1 amide bonds. The first-order valence-electron chi connectivity index (χ1n) is 9.66. The number of nitrogens with zero attached hydrogens (tertiary/aromatic N) is 2. The lowest BCUT2D eigenvalue weighted by molar-refractivity contribution is -0.122. The van der Waals surface area contributed by atoms with E-state index in [4.69, 9.17) is 9.47 Å². The maximum absolute atomic E-state index is 12.7. The second kappa shape index (κ2) is 7.95. The summed E-state index contributed by atoms with van der Waals surface area (Å²) in [5, 5.41) is 3.54. The van der Waals surface area contributed by atoms with Crippen LogP contribution in [0.3, 0.4) is 0 Å². The third kappa shape index (κ3) is 3.94. The molecule has 1 N–H and O–H groups in total. The quantitative estimate of drug-likeness (QED) is 0.721. The molecule has 150 valence electrons. The van der Waals surface area contributed by atoms with Gasteiger partial charge in [0.15, 0.2) is 11.5 Å². The second-order valence-corrected chi connectivity index (χ2v) is 7.39. The normalized spacial score (nSPS) is 14.0. The van der Waals surface area contributed by atoms with Crippen molar-refractivity contribution in [1.82, 2.24) is 14.9 Å². The van der Waals surface area contributed by atoms with Crippen molar-refractivity contribution in [3.8, 4) is 11.5 Å². The highest BCUT2D eigenvalue weighted by Crippen LogP contribution is 2.34. The van der Waals surface area contributed by atoms with Crippen molar-refractivity contribution in [2.75, 3.05) is 13.2 Å². The summed E-state index contributed by atoms with van der Waals surface area (Å²) >= 11 is 0. The van der Waals surface area contributed by atoms with Crippen molar-refractivity contribution in [3.05, 3.63) is 64.7 Å². The van der Waals surface area contributed by atoms with E-state index in [1.807, 2.05) is 38.1 Å². The molecule has 0 saturated carbocycles. The molecule has 7 nitrogen and oxygen atoms in total. The Hall–Kier alpha value is -3.35. The van der Waals surface area contributed by atoms with Crippen molar-refractivity contribution in [2.45, 2.75) is 26.4 Å². The fraction of sp³-hybridized carbons (Fsp3) is 0.318. The Morgan fingerprint density at radius 2 is 1.90 bits per heavy atom. The van der Waals surface area contributed by atoms with Crippen LogP contribution in [0.2, 0.25) is 0 Å². The zero-order valence-corrected chi connectivity index (χ0v) is 16.4. The van der Waals surface area contributed by atoms with Crippen LogP contribution in [0.4, 0.5) is 0 Å². The van der Waals surface area contributed by atoms with Gasteiger partial charge in [-0.15, -0.1) is 0 Å². The maximum Gasteiger partial charge on any atom is 0.261 e. The summed E-state index contributed by atoms with van der Waals surface area (Å²) in [5.74, 6) is 1.29. The highest BCUT2D eigenvalue weighted by Gasteiger charge is 2.22. The molecule has 3 aromatic rings. The van der Waals surface area contributed by atoms with Gasteiger partial charge in [-0.05, 0) is 35.7 Å². The topological polar surface area (TPSA) is 82.5 Å². The number of amides is 1. The largest absolute Gasteiger partial charge is 0.486 e. The van der Waals surface area contributed by atoms with Crippen LogP contribution in [0.5, 0.6) is 11.5 Å². The summed E-state index contributed by atoms with van der Waals surface area (Å²) in [6.45, 7) is 5.01. The van der Waals surface area contributed by atoms with Crippen LogP contribution in [0.15, 0.2) is 53.6 Å². The van der Waals surface area contributed by atoms with Crippen molar-refractivity contribution in [3.63, 3.8) is 0 Å². The fourth-order valence-corrected chi connectivity index (χ4v) is 3.48. The third-order valence-corrected chi connectivity index (χ3v) is 4.95. The Morgan fingerprint density at radius 1 is 1.14 bits per heavy atom. The van der Waals surface area contributed by atoms with Crippen molar-refractivity contribution in [2.24, 2.45) is 5.92 Å². The van der Waals surface area contributed by atoms with Crippen LogP contribution in [-0.4, -0.2) is 28.7 Å². The summed E-state index contributed by atoms with van der Waals surface area (Å²) in [7, 11) is 0. The van der Waals surface area contributed by atoms with E-state index in [0.717, 1.165) is 5.56 Å². The third-order valence-electron chi connectivity index (χ3n) is 4.95. The van der Waals surface area contributed by atoms with E-state index < -0.39 is 0 Å². The molecule has 2 heterocycles. The van der Waals surface area contributed by atoms with Crippen molar-refractivity contribution in [1.29, 1.82) is 0 Å². The fourth-order valence-electron chi connectivity index (χ4n) is 3.48. The summed E-state index contributed by atoms with van der Waals surface area (Å²) in [6.07, 6.45) is 1.42. The Balaban J connectivity index is 1.54. The molecule has 1 atom stereocenters. The van der Waals surface area contributed by atoms with E-state index in [1.54, 1.807) is 18.2 Å². The number of fused-ring (bicyclic) bond motifs is 2. The van der Waals surface area contributed by atoms with Crippen LogP contribution in [0.25, 0.3) is 10.9 Å². The Bertz CT molecular complexity index is 1110. The molecule has 1 aliphatic heterocycles. The number of carbonyl (C=O) groups is 1. The number of aromatic nitrogens is 2. The molecule has 7 heteroatoms. The van der Waals surface area contributed by atoms with Crippen molar-refractivity contribution >= 4 is 16.8 Å². The Labute approximate surface area is 168 Å². The van der Waals surface area contributed by atoms with Gasteiger partial charge in [-0.2, -0.15) is 0 Å². The van der Waals surface area contributed by atoms with E-state index in [-0.39, 0.29) is 30.0 Å². The van der Waals surface area contributed by atoms with E-state index in [0.29, 0.717) is 35.6 Å². The molecule has 0 bridgehead atoms. The average molecular weight is 393 g/mol. The molecule has 1 aliphatic rings. The molecule has 2 aromatic carbocycles. The van der Waals surface area contributed by atoms with Gasteiger partial charge in [-0.25, -0.2) is 4.98 Å². The monoisotopic (exact) mass is 393 g/mol. The van der Waals surface area contributed by atoms with Gasteiger partial charge in [-0.3, -0.25) is 14.2 Å². The first kappa shape index (κ1) is 19.0. The predicted molar refractivity (Wildman–Crippen MR) is 109 cm³/mol. The lowest BCUT2D eigenvalue weighted by Crippen LogP contribution is -2.36. The van der Waals surface area contributed by atoms with E-state index in [9.17, 15) is 9.59 Å². The summed E-state index contributed by atoms with van der Waals surface area (Å²) in [5.41, 5.74) is 1.32. The first-order valence-corrected chi connectivity index (χ1v) is 9.66. The number of hydrogen-bond donors (Lipinski definition) is 1. The number of ether oxygens (including phenoxy) is 2. The van der Waals surface area contributed by atoms with Gasteiger partial charge in [0, 0.05) is 0 Å². The van der Waals surface area contributed by atoms with Crippen LogP contribution in [0, 0.1) is 5.92 Å². The van der Waals surface area contributed by atoms with Crippen LogP contribution in [-0.2, 0) is 11.3 Å². The number of para-hydroxylation sites is 1. The number of rotatable bonds is 5. The van der Waals surface area contributed by atoms with E-state index in [1.165, 1.54) is 10.9 Å². The lowest BCUT2D eigenvalue weighted by atomic mass is 9.95. The maximum atomic E-state index is 12.7. The summed E-state index contributed by atoms with van der Waals surface area (Å²) < 4.78 is 12.6. The molecule has 0 saturated heterocycles. The molecular formula is C22H23N3O4. The minimum atomic E-state index is -0.252. The van der Waals surface area contributed by atoms with Crippen molar-refractivity contribution < 1.29 is 14.3 Å². The zero-order valence-electron chi connectivity index (χ0n) is 16.4. The Kier molecular flexibility index (Phi) is 5.20. The summed E-state index contributed by atoms with van der Waals surface area (Å²) in [6, 6.07) is 12.6. The molecule has 29 heavy (non-hydrogen) atoms. The zero-order chi connectivity index (χ0) is 20.4. The minimum Gasteiger partial charge on any atom is -0.486 e. The Morgan fingerprint density at radius 3 is 2.69 bits per heavy atom. The SMILES string of the molecule is CC(C)[C@@H](NC(=O)Cn1cnc2ccccc2c1=O)c1ccc2c(c1)OCCO2. The highest BCUT2D eigenvalue weighted by molar-refractivity contribution is 5.79. The van der Waals surface area contributed by atoms with Gasteiger partial charge in [-0.1, -0.05) is 32.0 Å². The van der Waals surface area contributed by atoms with E-state index in [2.05, 4.69) is 10.3 Å². The van der Waals surface area contributed by atoms with Gasteiger partial charge in [0.05, 0.1) is 23.3 Å².